The van der Waals surface area contributed by atoms with Gasteiger partial charge in [-0.05, 0) is 202 Å². The van der Waals surface area contributed by atoms with Crippen molar-refractivity contribution < 1.29 is 4.42 Å². The second-order valence-corrected chi connectivity index (χ2v) is 44.0. The number of hydrogen-bond acceptors (Lipinski definition) is 12. The van der Waals surface area contributed by atoms with Gasteiger partial charge in [0.15, 0.2) is 17.5 Å². The number of nitrogens with zero attached hydrogens (tertiary/aromatic N) is 7. The number of hydrogen-bond donors (Lipinski definition) is 0. The van der Waals surface area contributed by atoms with Gasteiger partial charge in [-0.3, -0.25) is 4.98 Å². The van der Waals surface area contributed by atoms with E-state index in [1.807, 2.05) is 75.8 Å². The molecular formula is C134H91N7OS4. The maximum Gasteiger partial charge on any atom is 0.160 e. The van der Waals surface area contributed by atoms with Crippen LogP contribution >= 0.6 is 45.3 Å². The number of aromatic nitrogens is 7. The zero-order valence-electron chi connectivity index (χ0n) is 80.8. The van der Waals surface area contributed by atoms with Crippen LogP contribution in [0.25, 0.3) is 250 Å². The van der Waals surface area contributed by atoms with E-state index in [9.17, 15) is 0 Å². The van der Waals surface area contributed by atoms with E-state index in [2.05, 4.69) is 453 Å². The minimum atomic E-state index is -0.102. The topological polar surface area (TPSA) is 103 Å². The molecule has 0 saturated heterocycles. The first-order valence-electron chi connectivity index (χ1n) is 49.6. The molecule has 0 bridgehead atoms. The van der Waals surface area contributed by atoms with Gasteiger partial charge in [0.2, 0.25) is 0 Å². The van der Waals surface area contributed by atoms with Crippen LogP contribution in [0.2, 0.25) is 0 Å². The molecule has 17 aromatic carbocycles. The second kappa shape index (κ2) is 35.3. The summed E-state index contributed by atoms with van der Waals surface area (Å²) in [6.07, 6.45) is 3.69. The number of fused-ring (bicyclic) bond motifs is 18. The molecule has 3 aliphatic rings. The van der Waals surface area contributed by atoms with Crippen molar-refractivity contribution in [3.05, 3.63) is 476 Å². The highest BCUT2D eigenvalue weighted by Gasteiger charge is 2.41. The summed E-state index contributed by atoms with van der Waals surface area (Å²) in [5, 5.41) is 8.61. The second-order valence-electron chi connectivity index (χ2n) is 39.7. The Morgan fingerprint density at radius 1 is 0.199 bits per heavy atom. The van der Waals surface area contributed by atoms with Gasteiger partial charge in [-0.1, -0.05) is 381 Å². The molecule has 0 atom stereocenters. The molecule has 0 N–H and O–H groups in total. The molecule has 0 amide bonds. The number of thiophene rings is 4. The summed E-state index contributed by atoms with van der Waals surface area (Å²) in [4.78, 5) is 39.7. The molecule has 0 fully saturated rings. The van der Waals surface area contributed by atoms with Crippen LogP contribution in [-0.4, -0.2) is 34.9 Å². The summed E-state index contributed by atoms with van der Waals surface area (Å²) in [6.45, 7) is 13.9. The third-order valence-electron chi connectivity index (χ3n) is 29.9. The Labute approximate surface area is 861 Å². The largest absolute Gasteiger partial charge is 0.456 e. The molecule has 692 valence electrons. The summed E-state index contributed by atoms with van der Waals surface area (Å²) >= 11 is 7.31. The molecule has 12 heteroatoms. The third kappa shape index (κ3) is 15.3. The molecule has 146 heavy (non-hydrogen) atoms. The van der Waals surface area contributed by atoms with Crippen LogP contribution in [0.1, 0.15) is 74.9 Å². The van der Waals surface area contributed by atoms with Gasteiger partial charge in [0.25, 0.3) is 0 Å². The molecule has 0 saturated carbocycles. The lowest BCUT2D eigenvalue weighted by molar-refractivity contribution is 0.660. The smallest absolute Gasteiger partial charge is 0.160 e. The first-order valence-corrected chi connectivity index (χ1v) is 52.8. The van der Waals surface area contributed by atoms with E-state index in [1.165, 1.54) is 149 Å². The Balaban J connectivity index is 0.000000109. The third-order valence-corrected chi connectivity index (χ3v) is 34.5. The van der Waals surface area contributed by atoms with Crippen molar-refractivity contribution in [3.63, 3.8) is 0 Å². The van der Waals surface area contributed by atoms with Crippen molar-refractivity contribution in [2.45, 2.75) is 57.8 Å². The number of furan rings is 1. The highest BCUT2D eigenvalue weighted by atomic mass is 32.1. The van der Waals surface area contributed by atoms with E-state index >= 15 is 0 Å². The summed E-state index contributed by atoms with van der Waals surface area (Å²) in [5.41, 5.74) is 37.9. The fourth-order valence-corrected chi connectivity index (χ4v) is 26.7. The molecule has 0 aliphatic heterocycles. The highest BCUT2D eigenvalue weighted by molar-refractivity contribution is 7.26. The maximum atomic E-state index is 6.29. The molecule has 26 aromatic rings. The van der Waals surface area contributed by atoms with Crippen molar-refractivity contribution in [2.24, 2.45) is 0 Å². The number of pyridine rings is 1. The van der Waals surface area contributed by atoms with Crippen molar-refractivity contribution in [1.29, 1.82) is 0 Å². The van der Waals surface area contributed by atoms with E-state index in [-0.39, 0.29) is 16.2 Å². The zero-order chi connectivity index (χ0) is 97.6. The maximum absolute atomic E-state index is 6.29. The Morgan fingerprint density at radius 3 is 0.952 bits per heavy atom. The van der Waals surface area contributed by atoms with Gasteiger partial charge in [0, 0.05) is 138 Å². The number of benzene rings is 17. The minimum Gasteiger partial charge on any atom is -0.456 e. The van der Waals surface area contributed by atoms with Crippen LogP contribution < -0.4 is 0 Å². The van der Waals surface area contributed by atoms with E-state index < -0.39 is 0 Å². The predicted octanol–water partition coefficient (Wildman–Crippen LogP) is 37.3. The van der Waals surface area contributed by atoms with Crippen LogP contribution in [0.5, 0.6) is 0 Å². The van der Waals surface area contributed by atoms with E-state index in [4.69, 9.17) is 34.3 Å². The summed E-state index contributed by atoms with van der Waals surface area (Å²) in [5.74, 6) is 2.12. The van der Waals surface area contributed by atoms with Crippen LogP contribution in [0.3, 0.4) is 0 Å². The van der Waals surface area contributed by atoms with Crippen molar-refractivity contribution in [1.82, 2.24) is 34.9 Å². The van der Waals surface area contributed by atoms with Gasteiger partial charge in [-0.2, -0.15) is 0 Å². The van der Waals surface area contributed by atoms with Gasteiger partial charge >= 0.3 is 0 Å². The summed E-state index contributed by atoms with van der Waals surface area (Å²) < 4.78 is 12.7. The molecule has 9 aromatic heterocycles. The lowest BCUT2D eigenvalue weighted by Crippen LogP contribution is -2.14. The summed E-state index contributed by atoms with van der Waals surface area (Å²) in [7, 11) is 0. The van der Waals surface area contributed by atoms with Gasteiger partial charge in [-0.25, -0.2) is 29.9 Å². The van der Waals surface area contributed by atoms with Crippen LogP contribution in [0, 0.1) is 0 Å². The van der Waals surface area contributed by atoms with Gasteiger partial charge in [0.05, 0.1) is 34.2 Å². The average Bonchev–Trinajstić information content (AvgIpc) is 1.57. The van der Waals surface area contributed by atoms with E-state index in [0.29, 0.717) is 11.6 Å². The molecule has 0 unspecified atom stereocenters. The predicted molar refractivity (Wildman–Crippen MR) is 614 cm³/mol. The Kier molecular flexibility index (Phi) is 21.3. The lowest BCUT2D eigenvalue weighted by atomic mass is 9.82. The molecule has 9 heterocycles. The fraction of sp³-hybridized carbons (Fsp3) is 0.0672. The first-order chi connectivity index (χ1) is 71.5. The molecule has 0 spiro atoms. The Hall–Kier alpha value is -17.0. The van der Waals surface area contributed by atoms with E-state index in [1.54, 1.807) is 6.20 Å². The normalized spacial score (nSPS) is 13.2. The standard InChI is InChI=1S/C45H30N2OS.C45H30N2S2.C44H31N3S/c1-45(2)35-14-6-4-12-33(35)43-34(13-9-15-36(43)45)38-26-37(27-18-20-28(21-19-27)42-25-29-10-3-8-17-41(29)49-42)46-44(47-38)30-22-23-32-31-11-5-7-16-39(31)48-40(32)24-30;1-45(2)35-14-6-4-12-33(35)43-34(13-9-15-36(43)45)38-26-37(27-18-20-28(21-19-27)41-24-29-10-3-7-16-39(29)48-41)46-44(47-38)30-22-23-32-31-11-5-8-17-40(31)49-42(32)25-30;1-44(2)36-13-5-4-11-34(36)42-35(12-7-14-37(42)44)39-26-38(29-18-20-30(21-19-29)41-25-32-9-3-6-15-40(32)48-41)46-43(47-39)31-22-16-28(17-23-31)33-10-8-24-45-27-33/h2*3-26H,1-2H3;3-27H,1-2H3. The minimum absolute atomic E-state index is 0.0880. The monoisotopic (exact) mass is 1940 g/mol. The molecule has 29 rings (SSSR count). The molecule has 8 nitrogen and oxygen atoms in total. The highest BCUT2D eigenvalue weighted by Crippen LogP contribution is 2.57. The van der Waals surface area contributed by atoms with E-state index in [0.717, 1.165) is 123 Å². The zero-order valence-corrected chi connectivity index (χ0v) is 84.1. The first kappa shape index (κ1) is 88.0. The van der Waals surface area contributed by atoms with Crippen LogP contribution in [0.15, 0.2) is 448 Å². The van der Waals surface area contributed by atoms with Gasteiger partial charge in [-0.15, -0.1) is 45.3 Å². The SMILES string of the molecule is CC1(C)c2ccccc2-c2c(-c3cc(-c4ccc(-c5cc6ccccc6s5)cc4)nc(-c4ccc(-c5cccnc5)cc4)n3)cccc21.CC1(C)c2ccccc2-c2c(-c3cc(-c4ccc(-c5cc6ccccc6s5)cc4)nc(-c4ccc5c(c4)oc4ccccc45)n3)cccc21.CC1(C)c2ccccc2-c2c(-c3cc(-c4ccc(-c5cc6ccccc6s5)cc4)nc(-c4ccc5c(c4)sc4ccccc45)n3)cccc21. The van der Waals surface area contributed by atoms with Gasteiger partial charge in [0.1, 0.15) is 11.2 Å². The average molecular weight is 1940 g/mol. The molecular weight excluding hydrogens is 1850 g/mol. The van der Waals surface area contributed by atoms with Crippen molar-refractivity contribution in [3.8, 4) is 178 Å². The lowest BCUT2D eigenvalue weighted by Gasteiger charge is -2.21. The molecule has 3 aliphatic carbocycles. The van der Waals surface area contributed by atoms with Crippen molar-refractivity contribution in [2.75, 3.05) is 0 Å². The Morgan fingerprint density at radius 2 is 0.521 bits per heavy atom. The number of para-hydroxylation sites is 1. The van der Waals surface area contributed by atoms with Crippen LogP contribution in [-0.2, 0) is 16.2 Å². The van der Waals surface area contributed by atoms with Crippen LogP contribution in [0.4, 0.5) is 0 Å². The van der Waals surface area contributed by atoms with Gasteiger partial charge < -0.3 is 4.42 Å². The quantitative estimate of drug-likeness (QED) is 0.112. The summed E-state index contributed by atoms with van der Waals surface area (Å²) in [6, 6.07) is 154. The Bertz CT molecular complexity index is 9240. The molecule has 0 radical (unpaired) electrons. The fourth-order valence-electron chi connectivity index (χ4n) is 22.4. The number of rotatable bonds is 13. The van der Waals surface area contributed by atoms with Crippen molar-refractivity contribution >= 4 is 118 Å².